The number of ether oxygens (including phenoxy) is 1. The summed E-state index contributed by atoms with van der Waals surface area (Å²) in [6.07, 6.45) is 1.47. The molecule has 1 amide bonds. The molecule has 0 unspecified atom stereocenters. The van der Waals surface area contributed by atoms with Gasteiger partial charge < -0.3 is 15.2 Å². The highest BCUT2D eigenvalue weighted by Crippen LogP contribution is 2.31. The number of benzene rings is 1. The maximum absolute atomic E-state index is 12.4. The Morgan fingerprint density at radius 1 is 1.30 bits per heavy atom. The highest BCUT2D eigenvalue weighted by molar-refractivity contribution is 5.94. The molecular weight excluding hydrogens is 292 g/mol. The van der Waals surface area contributed by atoms with Crippen LogP contribution in [0.15, 0.2) is 42.6 Å². The van der Waals surface area contributed by atoms with Gasteiger partial charge in [-0.2, -0.15) is 0 Å². The van der Waals surface area contributed by atoms with E-state index in [1.807, 2.05) is 38.1 Å². The molecular formula is C18H20N2O3. The van der Waals surface area contributed by atoms with Crippen LogP contribution in [0.1, 0.15) is 41.4 Å². The van der Waals surface area contributed by atoms with Crippen molar-refractivity contribution < 1.29 is 14.6 Å². The molecule has 2 N–H and O–H groups in total. The van der Waals surface area contributed by atoms with Crippen LogP contribution in [0.25, 0.3) is 0 Å². The fourth-order valence-electron chi connectivity index (χ4n) is 2.80. The SMILES string of the molecule is CC(C)Oc1ccc(C(=O)N[C@H]2c3ccccc3C[C@H]2O)cn1. The molecule has 2 atom stereocenters. The van der Waals surface area contributed by atoms with Crippen molar-refractivity contribution in [3.63, 3.8) is 0 Å². The van der Waals surface area contributed by atoms with Crippen molar-refractivity contribution in [3.05, 3.63) is 59.3 Å². The number of carbonyl (C=O) groups excluding carboxylic acids is 1. The zero-order valence-electron chi connectivity index (χ0n) is 13.2. The van der Waals surface area contributed by atoms with Crippen LogP contribution < -0.4 is 10.1 Å². The molecule has 0 spiro atoms. The molecule has 0 radical (unpaired) electrons. The molecule has 5 heteroatoms. The van der Waals surface area contributed by atoms with Gasteiger partial charge in [0.05, 0.1) is 23.8 Å². The van der Waals surface area contributed by atoms with Gasteiger partial charge in [0.1, 0.15) is 0 Å². The summed E-state index contributed by atoms with van der Waals surface area (Å²) in [5.74, 6) is 0.233. The van der Waals surface area contributed by atoms with Crippen molar-refractivity contribution in [2.75, 3.05) is 0 Å². The van der Waals surface area contributed by atoms with E-state index in [0.29, 0.717) is 17.9 Å². The molecule has 3 rings (SSSR count). The van der Waals surface area contributed by atoms with Crippen LogP contribution >= 0.6 is 0 Å². The van der Waals surface area contributed by atoms with E-state index < -0.39 is 6.10 Å². The lowest BCUT2D eigenvalue weighted by atomic mass is 10.1. The Balaban J connectivity index is 1.72. The minimum Gasteiger partial charge on any atom is -0.475 e. The number of rotatable bonds is 4. The van der Waals surface area contributed by atoms with Crippen LogP contribution in [0.2, 0.25) is 0 Å². The van der Waals surface area contributed by atoms with E-state index in [2.05, 4.69) is 10.3 Å². The predicted octanol–water partition coefficient (Wildman–Crippen LogP) is 2.26. The summed E-state index contributed by atoms with van der Waals surface area (Å²) < 4.78 is 5.46. The van der Waals surface area contributed by atoms with Crippen molar-refractivity contribution in [2.24, 2.45) is 0 Å². The predicted molar refractivity (Wildman–Crippen MR) is 86.4 cm³/mol. The highest BCUT2D eigenvalue weighted by atomic mass is 16.5. The number of nitrogens with zero attached hydrogens (tertiary/aromatic N) is 1. The monoisotopic (exact) mass is 312 g/mol. The van der Waals surface area contributed by atoms with Gasteiger partial charge in [0.2, 0.25) is 5.88 Å². The molecule has 0 fully saturated rings. The van der Waals surface area contributed by atoms with Crippen LogP contribution in [-0.4, -0.2) is 28.2 Å². The van der Waals surface area contributed by atoms with Crippen LogP contribution in [0.5, 0.6) is 5.88 Å². The van der Waals surface area contributed by atoms with E-state index in [4.69, 9.17) is 4.74 Å². The van der Waals surface area contributed by atoms with Crippen molar-refractivity contribution >= 4 is 5.91 Å². The summed E-state index contributed by atoms with van der Waals surface area (Å²) in [6, 6.07) is 10.7. The second-order valence-electron chi connectivity index (χ2n) is 5.97. The number of fused-ring (bicyclic) bond motifs is 1. The molecule has 1 heterocycles. The van der Waals surface area contributed by atoms with Gasteiger partial charge >= 0.3 is 0 Å². The van der Waals surface area contributed by atoms with Gasteiger partial charge in [-0.1, -0.05) is 24.3 Å². The van der Waals surface area contributed by atoms with Crippen molar-refractivity contribution in [2.45, 2.75) is 38.5 Å². The summed E-state index contributed by atoms with van der Waals surface area (Å²) in [6.45, 7) is 3.84. The van der Waals surface area contributed by atoms with E-state index >= 15 is 0 Å². The number of aliphatic hydroxyl groups excluding tert-OH is 1. The first-order chi connectivity index (χ1) is 11.0. The number of hydrogen-bond acceptors (Lipinski definition) is 4. The third-order valence-electron chi connectivity index (χ3n) is 3.85. The van der Waals surface area contributed by atoms with Gasteiger partial charge in [0.15, 0.2) is 0 Å². The first-order valence-corrected chi connectivity index (χ1v) is 7.74. The Morgan fingerprint density at radius 3 is 2.78 bits per heavy atom. The van der Waals surface area contributed by atoms with Gasteiger partial charge in [0, 0.05) is 18.7 Å². The molecule has 1 aromatic carbocycles. The summed E-state index contributed by atoms with van der Waals surface area (Å²) >= 11 is 0. The maximum atomic E-state index is 12.4. The standard InChI is InChI=1S/C18H20N2O3/c1-11(2)23-16-8-7-13(10-19-16)18(22)20-17-14-6-4-3-5-12(14)9-15(17)21/h3-8,10-11,15,17,21H,9H2,1-2H3,(H,20,22)/t15-,17+/m1/s1. The van der Waals surface area contributed by atoms with Crippen LogP contribution in [-0.2, 0) is 6.42 Å². The lowest BCUT2D eigenvalue weighted by molar-refractivity contribution is 0.0857. The third kappa shape index (κ3) is 3.35. The summed E-state index contributed by atoms with van der Waals surface area (Å²) in [5, 5.41) is 13.1. The molecule has 1 aliphatic carbocycles. The van der Waals surface area contributed by atoms with E-state index in [9.17, 15) is 9.90 Å². The Hall–Kier alpha value is -2.40. The van der Waals surface area contributed by atoms with Gasteiger partial charge in [-0.05, 0) is 31.0 Å². The molecule has 1 aromatic heterocycles. The van der Waals surface area contributed by atoms with Gasteiger partial charge in [0.25, 0.3) is 5.91 Å². The zero-order valence-corrected chi connectivity index (χ0v) is 13.2. The Kier molecular flexibility index (Phi) is 4.30. The minimum absolute atomic E-state index is 0.0346. The Labute approximate surface area is 135 Å². The third-order valence-corrected chi connectivity index (χ3v) is 3.85. The maximum Gasteiger partial charge on any atom is 0.253 e. The van der Waals surface area contributed by atoms with E-state index in [-0.39, 0.29) is 18.1 Å². The van der Waals surface area contributed by atoms with Crippen LogP contribution in [0, 0.1) is 0 Å². The van der Waals surface area contributed by atoms with Gasteiger partial charge in [-0.25, -0.2) is 4.98 Å². The van der Waals surface area contributed by atoms with Crippen molar-refractivity contribution in [1.82, 2.24) is 10.3 Å². The van der Waals surface area contributed by atoms with Crippen molar-refractivity contribution in [1.29, 1.82) is 0 Å². The highest BCUT2D eigenvalue weighted by Gasteiger charge is 2.32. The number of hydrogen-bond donors (Lipinski definition) is 2. The second kappa shape index (κ2) is 6.38. The molecule has 0 aliphatic heterocycles. The Morgan fingerprint density at radius 2 is 2.09 bits per heavy atom. The number of aromatic nitrogens is 1. The number of nitrogens with one attached hydrogen (secondary N) is 1. The number of pyridine rings is 1. The topological polar surface area (TPSA) is 71.5 Å². The van der Waals surface area contributed by atoms with Gasteiger partial charge in [-0.3, -0.25) is 4.79 Å². The number of aliphatic hydroxyl groups is 1. The quantitative estimate of drug-likeness (QED) is 0.908. The average Bonchev–Trinajstić information content (AvgIpc) is 2.83. The lowest BCUT2D eigenvalue weighted by Crippen LogP contribution is -2.33. The lowest BCUT2D eigenvalue weighted by Gasteiger charge is -2.18. The summed E-state index contributed by atoms with van der Waals surface area (Å²) in [4.78, 5) is 16.5. The first kappa shape index (κ1) is 15.5. The van der Waals surface area contributed by atoms with E-state index in [1.165, 1.54) is 6.20 Å². The summed E-state index contributed by atoms with van der Waals surface area (Å²) in [5.41, 5.74) is 2.49. The van der Waals surface area contributed by atoms with E-state index in [1.54, 1.807) is 12.1 Å². The molecule has 120 valence electrons. The molecule has 0 saturated heterocycles. The smallest absolute Gasteiger partial charge is 0.253 e. The molecule has 5 nitrogen and oxygen atoms in total. The normalized spacial score (nSPS) is 19.5. The molecule has 1 aliphatic rings. The largest absolute Gasteiger partial charge is 0.475 e. The first-order valence-electron chi connectivity index (χ1n) is 7.74. The molecule has 0 saturated carbocycles. The van der Waals surface area contributed by atoms with Crippen LogP contribution in [0.3, 0.4) is 0 Å². The van der Waals surface area contributed by atoms with Crippen molar-refractivity contribution in [3.8, 4) is 5.88 Å². The molecule has 2 aromatic rings. The minimum atomic E-state index is -0.604. The van der Waals surface area contributed by atoms with E-state index in [0.717, 1.165) is 11.1 Å². The second-order valence-corrected chi connectivity index (χ2v) is 5.97. The number of carbonyl (C=O) groups is 1. The molecule has 0 bridgehead atoms. The zero-order chi connectivity index (χ0) is 16.4. The summed E-state index contributed by atoms with van der Waals surface area (Å²) in [7, 11) is 0. The number of amides is 1. The van der Waals surface area contributed by atoms with Gasteiger partial charge in [-0.15, -0.1) is 0 Å². The molecule has 23 heavy (non-hydrogen) atoms. The fourth-order valence-corrected chi connectivity index (χ4v) is 2.80. The fraction of sp³-hybridized carbons (Fsp3) is 0.333. The Bertz CT molecular complexity index is 698. The van der Waals surface area contributed by atoms with Crippen LogP contribution in [0.4, 0.5) is 0 Å². The average molecular weight is 312 g/mol.